The maximum atomic E-state index is 13.0. The highest BCUT2D eigenvalue weighted by Crippen LogP contribution is 2.39. The SMILES string of the molecule is COc1ccccc1CC(=O)OCC1=C(c2ccc(CCCO[Si](C)(C)C(C)(C)C)cc2)C[C@@H]2CN(C(=O)O)C[C@H]1N2C(=O)O. The summed E-state index contributed by atoms with van der Waals surface area (Å²) >= 11 is 0. The van der Waals surface area contributed by atoms with E-state index in [0.717, 1.165) is 24.0 Å². The summed E-state index contributed by atoms with van der Waals surface area (Å²) in [4.78, 5) is 39.9. The van der Waals surface area contributed by atoms with Gasteiger partial charge in [0.05, 0.1) is 25.6 Å². The van der Waals surface area contributed by atoms with Gasteiger partial charge in [-0.1, -0.05) is 63.2 Å². The van der Waals surface area contributed by atoms with Crippen molar-refractivity contribution in [2.45, 2.75) is 76.7 Å². The van der Waals surface area contributed by atoms with E-state index in [1.165, 1.54) is 22.5 Å². The molecule has 2 heterocycles. The van der Waals surface area contributed by atoms with Gasteiger partial charge >= 0.3 is 18.2 Å². The molecule has 0 spiro atoms. The van der Waals surface area contributed by atoms with Crippen LogP contribution in [0.3, 0.4) is 0 Å². The maximum Gasteiger partial charge on any atom is 0.408 e. The van der Waals surface area contributed by atoms with Crippen LogP contribution in [0.1, 0.15) is 50.3 Å². The summed E-state index contributed by atoms with van der Waals surface area (Å²) < 4.78 is 17.4. The molecular formula is C34H46N2O8Si. The van der Waals surface area contributed by atoms with Gasteiger partial charge in [-0.25, -0.2) is 9.59 Å². The number of nitrogens with zero attached hydrogens (tertiary/aromatic N) is 2. The Bertz CT molecular complexity index is 1420. The maximum absolute atomic E-state index is 13.0. The van der Waals surface area contributed by atoms with Gasteiger partial charge in [-0.3, -0.25) is 9.69 Å². The minimum atomic E-state index is -1.80. The summed E-state index contributed by atoms with van der Waals surface area (Å²) in [6, 6.07) is 14.1. The number of aryl methyl sites for hydroxylation is 1. The Balaban J connectivity index is 1.55. The molecule has 2 bridgehead atoms. The number of benzene rings is 2. The monoisotopic (exact) mass is 638 g/mol. The topological polar surface area (TPSA) is 126 Å². The lowest BCUT2D eigenvalue weighted by Gasteiger charge is -2.49. The standard InChI is InChI=1S/C34H46N2O8Si/c1-34(2,3)45(5,6)44-17-9-10-23-13-15-24(16-14-23)27-19-26-20-35(32(38)39)21-29(36(26)33(40)41)28(27)22-43-31(37)18-25-11-7-8-12-30(25)42-4/h7-8,11-16,26,29H,9-10,17-22H2,1-6H3,(H,38,39)(H,40,41)/t26-,29-/m1/s1. The lowest BCUT2D eigenvalue weighted by Crippen LogP contribution is -2.64. The number of methoxy groups -OCH3 is 1. The number of hydrogen-bond donors (Lipinski definition) is 2. The Kier molecular flexibility index (Phi) is 10.6. The third-order valence-corrected chi connectivity index (χ3v) is 13.9. The van der Waals surface area contributed by atoms with Crippen LogP contribution in [0.25, 0.3) is 5.57 Å². The van der Waals surface area contributed by atoms with Gasteiger partial charge < -0.3 is 29.0 Å². The minimum absolute atomic E-state index is 0.0162. The third kappa shape index (κ3) is 8.07. The van der Waals surface area contributed by atoms with Crippen LogP contribution in [0.4, 0.5) is 9.59 Å². The highest BCUT2D eigenvalue weighted by Gasteiger charge is 2.46. The molecule has 2 atom stereocenters. The molecule has 2 aromatic rings. The van der Waals surface area contributed by atoms with Crippen molar-refractivity contribution >= 4 is 32.0 Å². The molecule has 1 saturated heterocycles. The summed E-state index contributed by atoms with van der Waals surface area (Å²) in [5, 5.41) is 20.0. The molecule has 0 saturated carbocycles. The van der Waals surface area contributed by atoms with Gasteiger partial charge in [0.15, 0.2) is 8.32 Å². The molecular weight excluding hydrogens is 592 g/mol. The highest BCUT2D eigenvalue weighted by molar-refractivity contribution is 6.74. The van der Waals surface area contributed by atoms with Crippen LogP contribution >= 0.6 is 0 Å². The fraction of sp³-hybridized carbons (Fsp3) is 0.500. The summed E-state index contributed by atoms with van der Waals surface area (Å²) in [6.45, 7) is 11.8. The second-order valence-corrected chi connectivity index (χ2v) is 18.1. The normalized spacial score (nSPS) is 18.5. The van der Waals surface area contributed by atoms with Crippen LogP contribution < -0.4 is 4.74 Å². The largest absolute Gasteiger partial charge is 0.496 e. The number of carboxylic acid groups (broad SMARTS) is 2. The van der Waals surface area contributed by atoms with Gasteiger partial charge in [0.1, 0.15) is 12.4 Å². The van der Waals surface area contributed by atoms with E-state index in [4.69, 9.17) is 13.9 Å². The second kappa shape index (κ2) is 14.1. The Hall–Kier alpha value is -3.83. The van der Waals surface area contributed by atoms with E-state index in [1.54, 1.807) is 12.1 Å². The molecule has 10 nitrogen and oxygen atoms in total. The average molecular weight is 639 g/mol. The van der Waals surface area contributed by atoms with Crippen molar-refractivity contribution in [3.8, 4) is 5.75 Å². The first-order chi connectivity index (χ1) is 21.2. The van der Waals surface area contributed by atoms with Crippen molar-refractivity contribution in [2.75, 3.05) is 33.4 Å². The summed E-state index contributed by atoms with van der Waals surface area (Å²) in [6.07, 6.45) is -0.156. The van der Waals surface area contributed by atoms with Crippen molar-refractivity contribution in [1.82, 2.24) is 9.80 Å². The Labute approximate surface area is 266 Å². The molecule has 2 N–H and O–H groups in total. The molecule has 0 aromatic heterocycles. The zero-order chi connectivity index (χ0) is 32.9. The van der Waals surface area contributed by atoms with Gasteiger partial charge in [-0.15, -0.1) is 0 Å². The molecule has 11 heteroatoms. The molecule has 1 fully saturated rings. The number of ether oxygens (including phenoxy) is 2. The molecule has 0 unspecified atom stereocenters. The summed E-state index contributed by atoms with van der Waals surface area (Å²) in [7, 11) is -0.263. The van der Waals surface area contributed by atoms with Crippen LogP contribution in [0.2, 0.25) is 18.1 Å². The molecule has 4 rings (SSSR count). The van der Waals surface area contributed by atoms with Crippen molar-refractivity contribution in [3.05, 3.63) is 70.8 Å². The molecule has 2 amide bonds. The first-order valence-corrected chi connectivity index (χ1v) is 18.3. The average Bonchev–Trinajstić information content (AvgIpc) is 2.98. The molecule has 0 radical (unpaired) electrons. The van der Waals surface area contributed by atoms with E-state index >= 15 is 0 Å². The summed E-state index contributed by atoms with van der Waals surface area (Å²) in [5.74, 6) is 0.0828. The molecule has 0 aliphatic carbocycles. The number of amides is 2. The quantitative estimate of drug-likeness (QED) is 0.167. The van der Waals surface area contributed by atoms with E-state index in [-0.39, 0.29) is 31.2 Å². The zero-order valence-electron chi connectivity index (χ0n) is 27.2. The first-order valence-electron chi connectivity index (χ1n) is 15.4. The molecule has 45 heavy (non-hydrogen) atoms. The smallest absolute Gasteiger partial charge is 0.408 e. The van der Waals surface area contributed by atoms with Gasteiger partial charge in [0.2, 0.25) is 0 Å². The van der Waals surface area contributed by atoms with Gasteiger partial charge in [-0.2, -0.15) is 0 Å². The van der Waals surface area contributed by atoms with Crippen molar-refractivity contribution < 1.29 is 38.5 Å². The van der Waals surface area contributed by atoms with Crippen LogP contribution in [0, 0.1) is 0 Å². The van der Waals surface area contributed by atoms with E-state index in [0.29, 0.717) is 29.9 Å². The van der Waals surface area contributed by atoms with Gasteiger partial charge in [0, 0.05) is 25.3 Å². The number of rotatable bonds is 11. The van der Waals surface area contributed by atoms with Crippen molar-refractivity contribution in [1.29, 1.82) is 0 Å². The van der Waals surface area contributed by atoms with Crippen molar-refractivity contribution in [3.63, 3.8) is 0 Å². The number of fused-ring (bicyclic) bond motifs is 2. The highest BCUT2D eigenvalue weighted by atomic mass is 28.4. The first kappa shape index (κ1) is 34.0. The zero-order valence-corrected chi connectivity index (χ0v) is 28.2. The predicted molar refractivity (Wildman–Crippen MR) is 174 cm³/mol. The van der Waals surface area contributed by atoms with E-state index < -0.39 is 38.6 Å². The minimum Gasteiger partial charge on any atom is -0.496 e. The number of para-hydroxylation sites is 1. The van der Waals surface area contributed by atoms with Crippen LogP contribution in [0.15, 0.2) is 54.1 Å². The Morgan fingerprint density at radius 1 is 0.978 bits per heavy atom. The molecule has 2 aliphatic heterocycles. The predicted octanol–water partition coefficient (Wildman–Crippen LogP) is 6.30. The van der Waals surface area contributed by atoms with Crippen LogP contribution in [-0.4, -0.2) is 92.0 Å². The number of carbonyl (C=O) groups excluding carboxylic acids is 1. The number of esters is 1. The second-order valence-electron chi connectivity index (χ2n) is 13.3. The lowest BCUT2D eigenvalue weighted by molar-refractivity contribution is -0.142. The number of piperazine rings is 1. The Morgan fingerprint density at radius 3 is 2.29 bits per heavy atom. The summed E-state index contributed by atoms with van der Waals surface area (Å²) in [5.41, 5.74) is 4.25. The van der Waals surface area contributed by atoms with Crippen LogP contribution in [-0.2, 0) is 26.8 Å². The van der Waals surface area contributed by atoms with Gasteiger partial charge in [-0.05, 0) is 65.7 Å². The van der Waals surface area contributed by atoms with E-state index in [2.05, 4.69) is 46.0 Å². The molecule has 2 aliphatic rings. The molecule has 244 valence electrons. The number of carbonyl (C=O) groups is 3. The lowest BCUT2D eigenvalue weighted by atomic mass is 9.82. The van der Waals surface area contributed by atoms with Crippen LogP contribution in [0.5, 0.6) is 5.75 Å². The van der Waals surface area contributed by atoms with Gasteiger partial charge in [0.25, 0.3) is 0 Å². The fourth-order valence-corrected chi connectivity index (χ4v) is 6.90. The fourth-order valence-electron chi connectivity index (χ4n) is 5.82. The van der Waals surface area contributed by atoms with E-state index in [1.807, 2.05) is 24.3 Å². The Morgan fingerprint density at radius 2 is 1.67 bits per heavy atom. The van der Waals surface area contributed by atoms with E-state index in [9.17, 15) is 24.6 Å². The third-order valence-electron chi connectivity index (χ3n) is 9.37. The van der Waals surface area contributed by atoms with Crippen molar-refractivity contribution in [2.24, 2.45) is 0 Å². The number of hydrogen-bond acceptors (Lipinski definition) is 6. The molecule has 2 aromatic carbocycles.